The summed E-state index contributed by atoms with van der Waals surface area (Å²) in [5.74, 6) is 0.0680. The lowest BCUT2D eigenvalue weighted by molar-refractivity contribution is -0.143. The van der Waals surface area contributed by atoms with Crippen molar-refractivity contribution < 1.29 is 14.3 Å². The number of amides is 2. The Kier molecular flexibility index (Phi) is 10.2. The lowest BCUT2D eigenvalue weighted by atomic mass is 10.0. The molecule has 0 aliphatic heterocycles. The molecule has 0 bridgehead atoms. The van der Waals surface area contributed by atoms with Gasteiger partial charge in [-0.3, -0.25) is 9.59 Å². The number of ether oxygens (including phenoxy) is 1. The van der Waals surface area contributed by atoms with Gasteiger partial charge in [-0.1, -0.05) is 84.0 Å². The molecule has 0 aromatic heterocycles. The molecular formula is C31H33Cl3N2O3. The summed E-state index contributed by atoms with van der Waals surface area (Å²) < 4.78 is 5.93. The minimum absolute atomic E-state index is 0.119. The standard InChI is InChI=1S/C31H33Cl3N2O3/c1-20-14-25(15-21(2)30(20)34)39-19-29(37)36(18-23-12-13-26(32)27(33)16-23)28(17-22-8-4-3-5-9-22)31(38)35-24-10-6-7-11-24/h3-5,8-9,12-16,24,28H,6-7,10-11,17-19H2,1-2H3,(H,35,38)/t28-/m0/s1. The lowest BCUT2D eigenvalue weighted by Crippen LogP contribution is -2.53. The largest absolute Gasteiger partial charge is 0.484 e. The highest BCUT2D eigenvalue weighted by Crippen LogP contribution is 2.27. The van der Waals surface area contributed by atoms with Crippen molar-refractivity contribution in [2.45, 2.75) is 64.6 Å². The van der Waals surface area contributed by atoms with Gasteiger partial charge in [0.05, 0.1) is 10.0 Å². The first kappa shape index (κ1) is 29.3. The summed E-state index contributed by atoms with van der Waals surface area (Å²) in [6, 6.07) is 18.0. The SMILES string of the molecule is Cc1cc(OCC(=O)N(Cc2ccc(Cl)c(Cl)c2)[C@@H](Cc2ccccc2)C(=O)NC2CCCC2)cc(C)c1Cl. The van der Waals surface area contributed by atoms with Crippen LogP contribution in [0.3, 0.4) is 0 Å². The van der Waals surface area contributed by atoms with Crippen LogP contribution in [0.1, 0.15) is 47.9 Å². The predicted molar refractivity (Wildman–Crippen MR) is 158 cm³/mol. The van der Waals surface area contributed by atoms with Crippen LogP contribution in [0.15, 0.2) is 60.7 Å². The van der Waals surface area contributed by atoms with E-state index >= 15 is 0 Å². The van der Waals surface area contributed by atoms with Crippen molar-refractivity contribution in [2.75, 3.05) is 6.61 Å². The van der Waals surface area contributed by atoms with E-state index in [9.17, 15) is 9.59 Å². The highest BCUT2D eigenvalue weighted by Gasteiger charge is 2.32. The summed E-state index contributed by atoms with van der Waals surface area (Å²) in [7, 11) is 0. The number of carbonyl (C=O) groups is 2. The van der Waals surface area contributed by atoms with E-state index in [1.165, 1.54) is 0 Å². The minimum Gasteiger partial charge on any atom is -0.484 e. The molecule has 1 aliphatic rings. The molecule has 1 fully saturated rings. The second-order valence-electron chi connectivity index (χ2n) is 10.1. The van der Waals surface area contributed by atoms with Crippen LogP contribution in [-0.4, -0.2) is 35.4 Å². The predicted octanol–water partition coefficient (Wildman–Crippen LogP) is 7.34. The zero-order chi connectivity index (χ0) is 27.9. The van der Waals surface area contributed by atoms with E-state index in [0.717, 1.165) is 47.9 Å². The Labute approximate surface area is 245 Å². The molecule has 3 aromatic rings. The maximum atomic E-state index is 13.8. The van der Waals surface area contributed by atoms with E-state index in [1.807, 2.05) is 50.2 Å². The zero-order valence-electron chi connectivity index (χ0n) is 22.2. The van der Waals surface area contributed by atoms with Crippen LogP contribution in [0.5, 0.6) is 5.75 Å². The van der Waals surface area contributed by atoms with Crippen molar-refractivity contribution in [1.82, 2.24) is 10.2 Å². The third kappa shape index (κ3) is 7.91. The number of rotatable bonds is 10. The normalized spacial score (nSPS) is 14.2. The van der Waals surface area contributed by atoms with E-state index in [2.05, 4.69) is 5.32 Å². The molecule has 206 valence electrons. The first-order valence-corrected chi connectivity index (χ1v) is 14.3. The van der Waals surface area contributed by atoms with Crippen LogP contribution in [0.25, 0.3) is 0 Å². The molecule has 2 amide bonds. The number of carbonyl (C=O) groups excluding carboxylic acids is 2. The van der Waals surface area contributed by atoms with E-state index < -0.39 is 6.04 Å². The van der Waals surface area contributed by atoms with Gasteiger partial charge in [0.15, 0.2) is 6.61 Å². The summed E-state index contributed by atoms with van der Waals surface area (Å²) in [6.45, 7) is 3.73. The number of benzene rings is 3. The highest BCUT2D eigenvalue weighted by atomic mass is 35.5. The Morgan fingerprint density at radius 2 is 1.59 bits per heavy atom. The molecule has 0 spiro atoms. The third-order valence-corrected chi connectivity index (χ3v) is 8.42. The molecule has 3 aromatic carbocycles. The molecule has 5 nitrogen and oxygen atoms in total. The third-order valence-electron chi connectivity index (χ3n) is 7.08. The minimum atomic E-state index is -0.743. The van der Waals surface area contributed by atoms with Crippen molar-refractivity contribution in [3.8, 4) is 5.75 Å². The molecule has 1 saturated carbocycles. The average Bonchev–Trinajstić information content (AvgIpc) is 3.43. The molecule has 1 aliphatic carbocycles. The Hall–Kier alpha value is -2.73. The fourth-order valence-electron chi connectivity index (χ4n) is 4.97. The fourth-order valence-corrected chi connectivity index (χ4v) is 5.40. The molecule has 8 heteroatoms. The molecule has 1 atom stereocenters. The topological polar surface area (TPSA) is 58.6 Å². The zero-order valence-corrected chi connectivity index (χ0v) is 24.5. The van der Waals surface area contributed by atoms with Gasteiger partial charge in [0.25, 0.3) is 5.91 Å². The average molecular weight is 588 g/mol. The maximum absolute atomic E-state index is 13.8. The molecule has 0 heterocycles. The van der Waals surface area contributed by atoms with Crippen LogP contribution in [0.2, 0.25) is 15.1 Å². The smallest absolute Gasteiger partial charge is 0.261 e. The van der Waals surface area contributed by atoms with Crippen molar-refractivity contribution in [3.05, 3.63) is 98.0 Å². The molecule has 0 saturated heterocycles. The van der Waals surface area contributed by atoms with Crippen molar-refractivity contribution >= 4 is 46.6 Å². The monoisotopic (exact) mass is 586 g/mol. The first-order valence-electron chi connectivity index (χ1n) is 13.2. The van der Waals surface area contributed by atoms with Crippen LogP contribution in [-0.2, 0) is 22.6 Å². The van der Waals surface area contributed by atoms with Gasteiger partial charge in [-0.25, -0.2) is 0 Å². The van der Waals surface area contributed by atoms with Gasteiger partial charge in [-0.15, -0.1) is 0 Å². The second kappa shape index (κ2) is 13.6. The van der Waals surface area contributed by atoms with Crippen molar-refractivity contribution in [1.29, 1.82) is 0 Å². The summed E-state index contributed by atoms with van der Waals surface area (Å²) in [4.78, 5) is 29.2. The molecule has 4 rings (SSSR count). The van der Waals surface area contributed by atoms with E-state index in [1.54, 1.807) is 29.2 Å². The van der Waals surface area contributed by atoms with Crippen LogP contribution in [0.4, 0.5) is 0 Å². The molecule has 0 unspecified atom stereocenters. The van der Waals surface area contributed by atoms with Crippen LogP contribution < -0.4 is 10.1 Å². The van der Waals surface area contributed by atoms with Gasteiger partial charge in [0.1, 0.15) is 11.8 Å². The van der Waals surface area contributed by atoms with Gasteiger partial charge >= 0.3 is 0 Å². The van der Waals surface area contributed by atoms with Gasteiger partial charge < -0.3 is 15.0 Å². The summed E-state index contributed by atoms with van der Waals surface area (Å²) in [5, 5.41) is 4.68. The summed E-state index contributed by atoms with van der Waals surface area (Å²) in [5.41, 5.74) is 3.46. The van der Waals surface area contributed by atoms with E-state index in [4.69, 9.17) is 39.5 Å². The van der Waals surface area contributed by atoms with Gasteiger partial charge in [-0.05, 0) is 73.2 Å². The number of hydrogen-bond donors (Lipinski definition) is 1. The van der Waals surface area contributed by atoms with E-state index in [-0.39, 0.29) is 31.0 Å². The fraction of sp³-hybridized carbons (Fsp3) is 0.355. The molecule has 39 heavy (non-hydrogen) atoms. The highest BCUT2D eigenvalue weighted by molar-refractivity contribution is 6.42. The first-order chi connectivity index (χ1) is 18.7. The number of nitrogens with zero attached hydrogens (tertiary/aromatic N) is 1. The Morgan fingerprint density at radius 1 is 0.923 bits per heavy atom. The van der Waals surface area contributed by atoms with Crippen molar-refractivity contribution in [2.24, 2.45) is 0 Å². The quantitative estimate of drug-likeness (QED) is 0.270. The van der Waals surface area contributed by atoms with Gasteiger partial charge in [0.2, 0.25) is 5.91 Å². The lowest BCUT2D eigenvalue weighted by Gasteiger charge is -2.32. The number of halogens is 3. The van der Waals surface area contributed by atoms with Crippen LogP contribution >= 0.6 is 34.8 Å². The molecule has 1 N–H and O–H groups in total. The Balaban J connectivity index is 1.64. The Morgan fingerprint density at radius 3 is 2.23 bits per heavy atom. The number of hydrogen-bond acceptors (Lipinski definition) is 3. The maximum Gasteiger partial charge on any atom is 0.261 e. The summed E-state index contributed by atoms with van der Waals surface area (Å²) >= 11 is 18.7. The Bertz CT molecular complexity index is 1290. The second-order valence-corrected chi connectivity index (χ2v) is 11.3. The summed E-state index contributed by atoms with van der Waals surface area (Å²) in [6.07, 6.45) is 4.44. The van der Waals surface area contributed by atoms with Crippen LogP contribution in [0, 0.1) is 13.8 Å². The molecule has 0 radical (unpaired) electrons. The van der Waals surface area contributed by atoms with Crippen molar-refractivity contribution in [3.63, 3.8) is 0 Å². The number of aryl methyl sites for hydroxylation is 2. The van der Waals surface area contributed by atoms with E-state index in [0.29, 0.717) is 27.2 Å². The van der Waals surface area contributed by atoms with Gasteiger partial charge in [-0.2, -0.15) is 0 Å². The number of nitrogens with one attached hydrogen (secondary N) is 1. The molecular weight excluding hydrogens is 555 g/mol. The van der Waals surface area contributed by atoms with Gasteiger partial charge in [0, 0.05) is 24.0 Å².